The quantitative estimate of drug-likeness (QED) is 0.0970. The van der Waals surface area contributed by atoms with Gasteiger partial charge in [-0.15, -0.1) is 0 Å². The average molecular weight is 498 g/mol. The van der Waals surface area contributed by atoms with Gasteiger partial charge in [0.05, 0.1) is 0 Å². The summed E-state index contributed by atoms with van der Waals surface area (Å²) >= 11 is 0. The largest absolute Gasteiger partial charge is 0.504 e. The Bertz CT molecular complexity index is 823. The molecule has 2 unspecified atom stereocenters. The van der Waals surface area contributed by atoms with Gasteiger partial charge in [-0.05, 0) is 0 Å². The minimum atomic E-state index is -4.95. The van der Waals surface area contributed by atoms with Crippen molar-refractivity contribution in [1.29, 1.82) is 0 Å². The van der Waals surface area contributed by atoms with Crippen LogP contribution in [-0.4, -0.2) is 138 Å². The zero-order chi connectivity index (χ0) is 26.4. The van der Waals surface area contributed by atoms with Gasteiger partial charge < -0.3 is 91.9 Å². The molecular formula is C12H18O21. The van der Waals surface area contributed by atoms with Gasteiger partial charge in [0, 0.05) is 0 Å². The highest BCUT2D eigenvalue weighted by atomic mass is 17.5. The van der Waals surface area contributed by atoms with Crippen LogP contribution in [0.5, 0.6) is 0 Å². The van der Waals surface area contributed by atoms with Crippen LogP contribution in [0.2, 0.25) is 0 Å². The van der Waals surface area contributed by atoms with E-state index in [9.17, 15) is 91.9 Å². The van der Waals surface area contributed by atoms with Crippen molar-refractivity contribution in [3.05, 3.63) is 23.0 Å². The van der Waals surface area contributed by atoms with Crippen LogP contribution in [0.4, 0.5) is 0 Å². The van der Waals surface area contributed by atoms with Crippen molar-refractivity contribution in [2.45, 2.75) is 46.3 Å². The molecule has 0 saturated heterocycles. The third-order valence-electron chi connectivity index (χ3n) is 4.95. The Hall–Kier alpha value is -2.00. The topological polar surface area (TPSA) is 392 Å². The van der Waals surface area contributed by atoms with Crippen molar-refractivity contribution >= 4 is 0 Å². The van der Waals surface area contributed by atoms with Gasteiger partial charge >= 0.3 is 11.6 Å². The summed E-state index contributed by atoms with van der Waals surface area (Å²) in [6, 6.07) is 0. The minimum Gasteiger partial charge on any atom is -0.504 e. The zero-order valence-electron chi connectivity index (χ0n) is 15.3. The molecule has 0 amide bonds. The van der Waals surface area contributed by atoms with E-state index in [-0.39, 0.29) is 0 Å². The first-order valence-corrected chi connectivity index (χ1v) is 7.77. The molecule has 192 valence electrons. The Labute approximate surface area is 177 Å². The molecule has 0 aliphatic heterocycles. The summed E-state index contributed by atoms with van der Waals surface area (Å²) in [4.78, 5) is 7.20. The lowest BCUT2D eigenvalue weighted by Gasteiger charge is -2.51. The van der Waals surface area contributed by atoms with E-state index in [1.807, 2.05) is 0 Å². The second kappa shape index (κ2) is 6.78. The SMILES string of the molecule is OC1=C(O)C(O)(OOOC2(O)C(O)=C(O)C(O)(O)C(O)(O)C2(O)O)C(O)(O)C(O)(O)C1(O)O. The van der Waals surface area contributed by atoms with Crippen molar-refractivity contribution in [3.63, 3.8) is 0 Å². The Balaban J connectivity index is 2.51. The van der Waals surface area contributed by atoms with Gasteiger partial charge in [0.2, 0.25) is 23.0 Å². The Morgan fingerprint density at radius 2 is 0.606 bits per heavy atom. The summed E-state index contributed by atoms with van der Waals surface area (Å²) in [5.41, 5.74) is 0. The summed E-state index contributed by atoms with van der Waals surface area (Å²) in [7, 11) is 0. The van der Waals surface area contributed by atoms with Crippen LogP contribution in [-0.2, 0) is 14.8 Å². The van der Waals surface area contributed by atoms with Crippen molar-refractivity contribution in [2.75, 3.05) is 0 Å². The number of hydrogen-bond acceptors (Lipinski definition) is 21. The monoisotopic (exact) mass is 498 g/mol. The second-order valence-electron chi connectivity index (χ2n) is 6.95. The smallest absolute Gasteiger partial charge is 0.323 e. The number of aliphatic hydroxyl groups excluding tert-OH is 4. The van der Waals surface area contributed by atoms with E-state index in [1.54, 1.807) is 0 Å². The molecule has 0 aromatic carbocycles. The van der Waals surface area contributed by atoms with Crippen LogP contribution in [0.1, 0.15) is 0 Å². The maximum atomic E-state index is 10.0. The molecule has 0 bridgehead atoms. The molecule has 2 rings (SSSR count). The molecule has 0 heterocycles. The van der Waals surface area contributed by atoms with Gasteiger partial charge in [-0.1, -0.05) is 5.04 Å². The predicted molar refractivity (Wildman–Crippen MR) is 80.7 cm³/mol. The standard InChI is InChI=1S/C12H18O21/c13-1-3(15)7(21,11(27,28)9(23,24)5(1,17)18)31-33-32-8(22)4(16)2(14)6(19,20)10(25,26)12(8,29)30/h13-30H. The fraction of sp³-hybridized carbons (Fsp3) is 0.667. The van der Waals surface area contributed by atoms with Crippen LogP contribution in [0, 0.1) is 0 Å². The molecule has 18 N–H and O–H groups in total. The van der Waals surface area contributed by atoms with Crippen molar-refractivity contribution < 1.29 is 107 Å². The molecule has 0 fully saturated rings. The highest BCUT2D eigenvalue weighted by molar-refractivity contribution is 5.31. The van der Waals surface area contributed by atoms with E-state index >= 15 is 0 Å². The Morgan fingerprint density at radius 1 is 0.364 bits per heavy atom. The van der Waals surface area contributed by atoms with Gasteiger partial charge in [-0.25, -0.2) is 0 Å². The zero-order valence-corrected chi connectivity index (χ0v) is 15.3. The first kappa shape index (κ1) is 27.2. The highest BCUT2D eigenvalue weighted by Crippen LogP contribution is 2.50. The highest BCUT2D eigenvalue weighted by Gasteiger charge is 2.81. The van der Waals surface area contributed by atoms with Crippen LogP contribution in [0.25, 0.3) is 0 Å². The van der Waals surface area contributed by atoms with Gasteiger partial charge in [0.15, 0.2) is 0 Å². The first-order valence-electron chi connectivity index (χ1n) is 7.77. The molecule has 2 atom stereocenters. The molecule has 0 saturated carbocycles. The predicted octanol–water partition coefficient (Wildman–Crippen LogP) is -8.99. The number of hydrogen-bond donors (Lipinski definition) is 18. The Morgan fingerprint density at radius 3 is 0.848 bits per heavy atom. The normalized spacial score (nSPS) is 36.1. The summed E-state index contributed by atoms with van der Waals surface area (Å²) in [6.45, 7) is 0. The fourth-order valence-corrected chi connectivity index (χ4v) is 2.58. The van der Waals surface area contributed by atoms with Gasteiger partial charge in [0.1, 0.15) is 0 Å². The van der Waals surface area contributed by atoms with Crippen LogP contribution < -0.4 is 0 Å². The van der Waals surface area contributed by atoms with Crippen molar-refractivity contribution in [3.8, 4) is 0 Å². The molecule has 0 spiro atoms. The molecular weight excluding hydrogens is 480 g/mol. The average Bonchev–Trinajstić information content (AvgIpc) is 2.68. The van der Waals surface area contributed by atoms with E-state index in [1.165, 1.54) is 0 Å². The van der Waals surface area contributed by atoms with E-state index in [0.29, 0.717) is 0 Å². The lowest BCUT2D eigenvalue weighted by Crippen LogP contribution is -2.81. The number of aliphatic hydroxyl groups is 18. The van der Waals surface area contributed by atoms with Gasteiger partial charge in [-0.2, -0.15) is 9.78 Å². The van der Waals surface area contributed by atoms with Gasteiger partial charge in [0.25, 0.3) is 34.7 Å². The maximum absolute atomic E-state index is 10.0. The van der Waals surface area contributed by atoms with E-state index in [4.69, 9.17) is 0 Å². The molecule has 33 heavy (non-hydrogen) atoms. The maximum Gasteiger partial charge on any atom is 0.323 e. The molecule has 21 heteroatoms. The summed E-state index contributed by atoms with van der Waals surface area (Å²) in [5, 5.41) is 176. The molecule has 2 aliphatic rings. The first-order chi connectivity index (χ1) is 14.3. The van der Waals surface area contributed by atoms with E-state index in [0.717, 1.165) is 0 Å². The van der Waals surface area contributed by atoms with Crippen molar-refractivity contribution in [1.82, 2.24) is 0 Å². The molecule has 21 nitrogen and oxygen atoms in total. The minimum absolute atomic E-state index is 2.44. The van der Waals surface area contributed by atoms with Gasteiger partial charge in [-0.3, -0.25) is 0 Å². The van der Waals surface area contributed by atoms with Crippen molar-refractivity contribution in [2.24, 2.45) is 0 Å². The lowest BCUT2D eigenvalue weighted by molar-refractivity contribution is -0.662. The third kappa shape index (κ3) is 2.78. The Kier molecular flexibility index (Phi) is 5.60. The second-order valence-corrected chi connectivity index (χ2v) is 6.95. The third-order valence-corrected chi connectivity index (χ3v) is 4.95. The van der Waals surface area contributed by atoms with Crippen LogP contribution in [0.3, 0.4) is 0 Å². The van der Waals surface area contributed by atoms with Crippen LogP contribution >= 0.6 is 0 Å². The fourth-order valence-electron chi connectivity index (χ4n) is 2.58. The molecule has 0 aromatic heterocycles. The summed E-state index contributed by atoms with van der Waals surface area (Å²) in [5.74, 6) is -47.9. The number of rotatable bonds is 4. The summed E-state index contributed by atoms with van der Waals surface area (Å²) < 4.78 is 0. The van der Waals surface area contributed by atoms with Crippen LogP contribution in [0.15, 0.2) is 23.0 Å². The summed E-state index contributed by atoms with van der Waals surface area (Å²) in [6.07, 6.45) is 0. The van der Waals surface area contributed by atoms with E-state index < -0.39 is 69.3 Å². The molecule has 2 aliphatic carbocycles. The molecule has 0 aromatic rings. The lowest BCUT2D eigenvalue weighted by atomic mass is 9.81. The molecule has 0 radical (unpaired) electrons. The van der Waals surface area contributed by atoms with E-state index in [2.05, 4.69) is 14.8 Å².